The van der Waals surface area contributed by atoms with Crippen LogP contribution in [0.15, 0.2) is 53.1 Å². The molecule has 0 saturated carbocycles. The van der Waals surface area contributed by atoms with E-state index in [9.17, 15) is 9.18 Å². The van der Waals surface area contributed by atoms with Crippen molar-refractivity contribution < 1.29 is 13.7 Å². The molecule has 1 aromatic heterocycles. The van der Waals surface area contributed by atoms with Gasteiger partial charge in [0.25, 0.3) is 0 Å². The molecule has 6 nitrogen and oxygen atoms in total. The van der Waals surface area contributed by atoms with Gasteiger partial charge in [-0.1, -0.05) is 28.9 Å². The summed E-state index contributed by atoms with van der Waals surface area (Å²) in [6.45, 7) is 2.60. The van der Waals surface area contributed by atoms with E-state index in [0.717, 1.165) is 24.0 Å². The molecule has 0 radical (unpaired) electrons. The number of amides is 2. The summed E-state index contributed by atoms with van der Waals surface area (Å²) in [7, 11) is 0. The van der Waals surface area contributed by atoms with E-state index < -0.39 is 0 Å². The maximum atomic E-state index is 13.0. The van der Waals surface area contributed by atoms with Crippen molar-refractivity contribution in [2.24, 2.45) is 0 Å². The smallest absolute Gasteiger partial charge is 0.322 e. The van der Waals surface area contributed by atoms with Crippen molar-refractivity contribution in [2.75, 3.05) is 11.9 Å². The van der Waals surface area contributed by atoms with Gasteiger partial charge in [0.2, 0.25) is 11.7 Å². The fourth-order valence-corrected chi connectivity index (χ4v) is 3.27. The standard InChI is InChI=1S/C20H19FN4O2/c1-13-4-2-5-14(12-13)18-23-19(27-24-18)17-6-3-11-25(17)20(26)22-16-9-7-15(21)8-10-16/h2,4-5,7-10,12,17H,3,6,11H2,1H3,(H,22,26)/t17-/m1/s1. The van der Waals surface area contributed by atoms with Gasteiger partial charge in [-0.15, -0.1) is 0 Å². The molecule has 0 unspecified atom stereocenters. The van der Waals surface area contributed by atoms with Crippen LogP contribution in [0, 0.1) is 12.7 Å². The first-order valence-electron chi connectivity index (χ1n) is 8.84. The van der Waals surface area contributed by atoms with Gasteiger partial charge in [0.05, 0.1) is 0 Å². The lowest BCUT2D eigenvalue weighted by Gasteiger charge is -2.22. The molecule has 2 aromatic carbocycles. The number of nitrogens with zero attached hydrogens (tertiary/aromatic N) is 3. The molecule has 1 aliphatic rings. The number of anilines is 1. The zero-order chi connectivity index (χ0) is 18.8. The summed E-state index contributed by atoms with van der Waals surface area (Å²) in [4.78, 5) is 18.8. The molecule has 2 heterocycles. The molecule has 4 rings (SSSR count). The Morgan fingerprint density at radius 1 is 1.26 bits per heavy atom. The quantitative estimate of drug-likeness (QED) is 0.738. The molecule has 1 aliphatic heterocycles. The van der Waals surface area contributed by atoms with Crippen LogP contribution >= 0.6 is 0 Å². The second-order valence-corrected chi connectivity index (χ2v) is 6.61. The van der Waals surface area contributed by atoms with Crippen molar-refractivity contribution in [3.63, 3.8) is 0 Å². The maximum Gasteiger partial charge on any atom is 0.322 e. The molecule has 3 aromatic rings. The van der Waals surface area contributed by atoms with Gasteiger partial charge in [0.15, 0.2) is 0 Å². The minimum Gasteiger partial charge on any atom is -0.337 e. The SMILES string of the molecule is Cc1cccc(-c2noc([C@H]3CCCN3C(=O)Nc3ccc(F)cc3)n2)c1. The Hall–Kier alpha value is -3.22. The van der Waals surface area contributed by atoms with E-state index in [4.69, 9.17) is 4.52 Å². The number of carbonyl (C=O) groups is 1. The van der Waals surface area contributed by atoms with Crippen LogP contribution in [0.2, 0.25) is 0 Å². The highest BCUT2D eigenvalue weighted by molar-refractivity contribution is 5.89. The van der Waals surface area contributed by atoms with Gasteiger partial charge in [-0.05, 0) is 50.1 Å². The second kappa shape index (κ2) is 7.19. The normalized spacial score (nSPS) is 16.5. The third-order valence-electron chi connectivity index (χ3n) is 4.61. The van der Waals surface area contributed by atoms with Gasteiger partial charge >= 0.3 is 6.03 Å². The first-order valence-corrected chi connectivity index (χ1v) is 8.84. The second-order valence-electron chi connectivity index (χ2n) is 6.61. The molecular formula is C20H19FN4O2. The average molecular weight is 366 g/mol. The molecule has 1 fully saturated rings. The zero-order valence-electron chi connectivity index (χ0n) is 14.9. The van der Waals surface area contributed by atoms with Gasteiger partial charge in [-0.3, -0.25) is 0 Å². The summed E-state index contributed by atoms with van der Waals surface area (Å²) < 4.78 is 18.5. The first kappa shape index (κ1) is 17.2. The van der Waals surface area contributed by atoms with Crippen molar-refractivity contribution >= 4 is 11.7 Å². The van der Waals surface area contributed by atoms with Crippen LogP contribution in [0.5, 0.6) is 0 Å². The predicted octanol–water partition coefficient (Wildman–Crippen LogP) is 4.55. The Bertz CT molecular complexity index is 955. The predicted molar refractivity (Wildman–Crippen MR) is 98.6 cm³/mol. The van der Waals surface area contributed by atoms with Crippen molar-refractivity contribution in [2.45, 2.75) is 25.8 Å². The summed E-state index contributed by atoms with van der Waals surface area (Å²) in [5, 5.41) is 6.86. The number of hydrogen-bond donors (Lipinski definition) is 1. The highest BCUT2D eigenvalue weighted by atomic mass is 19.1. The monoisotopic (exact) mass is 366 g/mol. The van der Waals surface area contributed by atoms with Gasteiger partial charge in [-0.2, -0.15) is 4.98 Å². The molecule has 138 valence electrons. The molecular weight excluding hydrogens is 347 g/mol. The lowest BCUT2D eigenvalue weighted by molar-refractivity contribution is 0.193. The lowest BCUT2D eigenvalue weighted by atomic mass is 10.1. The van der Waals surface area contributed by atoms with E-state index in [1.54, 1.807) is 4.90 Å². The van der Waals surface area contributed by atoms with Crippen molar-refractivity contribution in [3.05, 3.63) is 65.8 Å². The largest absolute Gasteiger partial charge is 0.337 e. The molecule has 0 spiro atoms. The van der Waals surface area contributed by atoms with Crippen molar-refractivity contribution in [1.82, 2.24) is 15.0 Å². The molecule has 0 aliphatic carbocycles. The fourth-order valence-electron chi connectivity index (χ4n) is 3.27. The van der Waals surface area contributed by atoms with Crippen LogP contribution in [-0.4, -0.2) is 27.6 Å². The van der Waals surface area contributed by atoms with Crippen molar-refractivity contribution in [3.8, 4) is 11.4 Å². The number of nitrogens with one attached hydrogen (secondary N) is 1. The first-order chi connectivity index (χ1) is 13.1. The molecule has 1 atom stereocenters. The third-order valence-corrected chi connectivity index (χ3v) is 4.61. The molecule has 0 bridgehead atoms. The Kier molecular flexibility index (Phi) is 4.58. The average Bonchev–Trinajstić information content (AvgIpc) is 3.33. The lowest BCUT2D eigenvalue weighted by Crippen LogP contribution is -2.34. The summed E-state index contributed by atoms with van der Waals surface area (Å²) in [6.07, 6.45) is 1.61. The number of rotatable bonds is 3. The maximum absolute atomic E-state index is 13.0. The van der Waals surface area contributed by atoms with Gasteiger partial charge in [0, 0.05) is 17.8 Å². The van der Waals surface area contributed by atoms with E-state index in [2.05, 4.69) is 15.5 Å². The zero-order valence-corrected chi connectivity index (χ0v) is 14.9. The van der Waals surface area contributed by atoms with E-state index >= 15 is 0 Å². The highest BCUT2D eigenvalue weighted by Gasteiger charge is 2.34. The number of likely N-dealkylation sites (tertiary alicyclic amines) is 1. The Morgan fingerprint density at radius 2 is 2.07 bits per heavy atom. The molecule has 7 heteroatoms. The van der Waals surface area contributed by atoms with Gasteiger partial charge < -0.3 is 14.7 Å². The minimum atomic E-state index is -0.346. The van der Waals surface area contributed by atoms with Crippen LogP contribution in [-0.2, 0) is 0 Å². The Morgan fingerprint density at radius 3 is 2.85 bits per heavy atom. The Labute approximate surface area is 156 Å². The summed E-state index contributed by atoms with van der Waals surface area (Å²) in [5.41, 5.74) is 2.53. The third kappa shape index (κ3) is 3.67. The number of urea groups is 1. The van der Waals surface area contributed by atoms with Gasteiger partial charge in [-0.25, -0.2) is 9.18 Å². The summed E-state index contributed by atoms with van der Waals surface area (Å²) >= 11 is 0. The van der Waals surface area contributed by atoms with Crippen LogP contribution in [0.3, 0.4) is 0 Å². The minimum absolute atomic E-state index is 0.264. The molecule has 27 heavy (non-hydrogen) atoms. The topological polar surface area (TPSA) is 71.3 Å². The van der Waals surface area contributed by atoms with Crippen LogP contribution in [0.25, 0.3) is 11.4 Å². The summed E-state index contributed by atoms with van der Waals surface area (Å²) in [5.74, 6) is 0.597. The highest BCUT2D eigenvalue weighted by Crippen LogP contribution is 2.32. The van der Waals surface area contributed by atoms with Crippen molar-refractivity contribution in [1.29, 1.82) is 0 Å². The molecule has 1 saturated heterocycles. The van der Waals surface area contributed by atoms with E-state index in [-0.39, 0.29) is 17.9 Å². The fraction of sp³-hybridized carbons (Fsp3) is 0.250. The van der Waals surface area contributed by atoms with E-state index in [1.165, 1.54) is 24.3 Å². The number of hydrogen-bond acceptors (Lipinski definition) is 4. The van der Waals surface area contributed by atoms with Crippen LogP contribution < -0.4 is 5.32 Å². The van der Waals surface area contributed by atoms with Crippen LogP contribution in [0.1, 0.15) is 30.3 Å². The Balaban J connectivity index is 1.51. The molecule has 1 N–H and O–H groups in total. The number of benzene rings is 2. The van der Waals surface area contributed by atoms with Crippen LogP contribution in [0.4, 0.5) is 14.9 Å². The molecule has 2 amide bonds. The van der Waals surface area contributed by atoms with E-state index in [0.29, 0.717) is 23.9 Å². The number of carbonyl (C=O) groups excluding carboxylic acids is 1. The van der Waals surface area contributed by atoms with E-state index in [1.807, 2.05) is 31.2 Å². The number of aryl methyl sites for hydroxylation is 1. The summed E-state index contributed by atoms with van der Waals surface area (Å²) in [6, 6.07) is 13.0. The van der Waals surface area contributed by atoms with Gasteiger partial charge in [0.1, 0.15) is 11.9 Å². The number of halogens is 1. The number of aromatic nitrogens is 2.